The minimum atomic E-state index is -0.684. The Kier molecular flexibility index (Phi) is 4.78. The topological polar surface area (TPSA) is 77.2 Å². The third kappa shape index (κ3) is 4.22. The van der Waals surface area contributed by atoms with Crippen molar-refractivity contribution in [3.63, 3.8) is 0 Å². The second-order valence-corrected chi connectivity index (χ2v) is 4.62. The molecule has 0 atom stereocenters. The molecule has 1 amide bonds. The van der Waals surface area contributed by atoms with Crippen LogP contribution in [-0.2, 0) is 0 Å². The predicted octanol–water partition coefficient (Wildman–Crippen LogP) is 2.14. The molecule has 0 saturated carbocycles. The normalized spacial score (nSPS) is 9.95. The maximum absolute atomic E-state index is 13.5. The van der Waals surface area contributed by atoms with Crippen LogP contribution in [0, 0.1) is 5.82 Å². The van der Waals surface area contributed by atoms with Crippen LogP contribution >= 0.6 is 12.2 Å². The summed E-state index contributed by atoms with van der Waals surface area (Å²) < 4.78 is 18.8. The molecule has 0 spiro atoms. The van der Waals surface area contributed by atoms with Crippen molar-refractivity contribution < 1.29 is 13.9 Å². The van der Waals surface area contributed by atoms with Crippen molar-refractivity contribution in [2.45, 2.75) is 0 Å². The number of nitrogens with two attached hydrogens (primary N) is 1. The summed E-state index contributed by atoms with van der Waals surface area (Å²) >= 11 is 4.71. The number of pyridine rings is 1. The molecule has 7 heteroatoms. The molecule has 0 unspecified atom stereocenters. The largest absolute Gasteiger partial charge is 0.486 e. The van der Waals surface area contributed by atoms with E-state index >= 15 is 0 Å². The quantitative estimate of drug-likeness (QED) is 0.828. The van der Waals surface area contributed by atoms with E-state index in [1.165, 1.54) is 12.3 Å². The van der Waals surface area contributed by atoms with Crippen LogP contribution in [0.5, 0.6) is 5.75 Å². The minimum Gasteiger partial charge on any atom is -0.486 e. The fraction of sp³-hybridized carbons (Fsp3) is 0.0714. The summed E-state index contributed by atoms with van der Waals surface area (Å²) in [7, 11) is 0. The molecule has 0 fully saturated rings. The van der Waals surface area contributed by atoms with Gasteiger partial charge < -0.3 is 15.8 Å². The second-order valence-electron chi connectivity index (χ2n) is 4.09. The second kappa shape index (κ2) is 6.76. The molecule has 2 rings (SSSR count). The number of anilines is 1. The van der Waals surface area contributed by atoms with E-state index < -0.39 is 11.7 Å². The zero-order chi connectivity index (χ0) is 15.2. The third-order valence-electron chi connectivity index (χ3n) is 2.49. The van der Waals surface area contributed by atoms with Crippen LogP contribution < -0.4 is 15.8 Å². The van der Waals surface area contributed by atoms with Crippen LogP contribution in [0.25, 0.3) is 0 Å². The zero-order valence-electron chi connectivity index (χ0n) is 10.9. The molecule has 0 radical (unpaired) electrons. The highest BCUT2D eigenvalue weighted by molar-refractivity contribution is 7.80. The third-order valence-corrected chi connectivity index (χ3v) is 2.61. The van der Waals surface area contributed by atoms with Gasteiger partial charge in [0.2, 0.25) is 0 Å². The highest BCUT2D eigenvalue weighted by atomic mass is 32.1. The van der Waals surface area contributed by atoms with Gasteiger partial charge in [0.15, 0.2) is 5.82 Å². The Morgan fingerprint density at radius 1 is 1.43 bits per heavy atom. The van der Waals surface area contributed by atoms with E-state index in [0.717, 1.165) is 6.20 Å². The molecule has 5 nitrogen and oxygen atoms in total. The zero-order valence-corrected chi connectivity index (χ0v) is 11.7. The van der Waals surface area contributed by atoms with Crippen LogP contribution in [-0.4, -0.2) is 22.5 Å². The van der Waals surface area contributed by atoms with Crippen LogP contribution in [0.1, 0.15) is 10.4 Å². The van der Waals surface area contributed by atoms with E-state index in [4.69, 9.17) is 22.7 Å². The number of amides is 1. The molecular formula is C14H12FN3O2S. The van der Waals surface area contributed by atoms with E-state index in [2.05, 4.69) is 10.3 Å². The Bertz CT molecular complexity index is 679. The number of rotatable bonds is 5. The lowest BCUT2D eigenvalue weighted by Crippen LogP contribution is -2.18. The molecule has 0 aliphatic carbocycles. The summed E-state index contributed by atoms with van der Waals surface area (Å²) in [5.74, 6) is -0.756. The van der Waals surface area contributed by atoms with Crippen LogP contribution in [0.3, 0.4) is 0 Å². The van der Waals surface area contributed by atoms with Crippen LogP contribution in [0.4, 0.5) is 10.1 Å². The maximum Gasteiger partial charge on any atom is 0.258 e. The number of benzene rings is 1. The Morgan fingerprint density at radius 2 is 2.24 bits per heavy atom. The van der Waals surface area contributed by atoms with Gasteiger partial charge in [-0.2, -0.15) is 0 Å². The molecule has 21 heavy (non-hydrogen) atoms. The van der Waals surface area contributed by atoms with Crippen LogP contribution in [0.2, 0.25) is 0 Å². The highest BCUT2D eigenvalue weighted by Crippen LogP contribution is 2.18. The first kappa shape index (κ1) is 14.9. The van der Waals surface area contributed by atoms with Crippen molar-refractivity contribution in [3.05, 3.63) is 54.1 Å². The van der Waals surface area contributed by atoms with Crippen molar-refractivity contribution in [2.75, 3.05) is 11.9 Å². The maximum atomic E-state index is 13.5. The first-order valence-electron chi connectivity index (χ1n) is 5.98. The Labute approximate surface area is 125 Å². The fourth-order valence-electron chi connectivity index (χ4n) is 1.58. The Balaban J connectivity index is 2.09. The smallest absolute Gasteiger partial charge is 0.258 e. The van der Waals surface area contributed by atoms with Crippen molar-refractivity contribution in [2.24, 2.45) is 5.73 Å². The number of thiocarbonyl (C=S) groups is 1. The molecule has 1 aromatic carbocycles. The van der Waals surface area contributed by atoms with Crippen LogP contribution in [0.15, 0.2) is 42.7 Å². The first-order chi connectivity index (χ1) is 10.1. The van der Waals surface area contributed by atoms with E-state index in [1.807, 2.05) is 0 Å². The lowest BCUT2D eigenvalue weighted by atomic mass is 10.2. The fourth-order valence-corrected chi connectivity index (χ4v) is 1.63. The van der Waals surface area contributed by atoms with Gasteiger partial charge in [-0.25, -0.2) is 4.39 Å². The molecule has 3 N–H and O–H groups in total. The molecule has 1 heterocycles. The SMILES string of the molecule is NC(=S)COc1cccc(NC(=O)c2ccncc2F)c1. The van der Waals surface area contributed by atoms with Gasteiger partial charge in [0.1, 0.15) is 17.3 Å². The number of halogens is 1. The van der Waals surface area contributed by atoms with Crippen molar-refractivity contribution in [1.29, 1.82) is 0 Å². The van der Waals surface area contributed by atoms with Gasteiger partial charge in [-0.15, -0.1) is 0 Å². The van der Waals surface area contributed by atoms with Gasteiger partial charge in [0, 0.05) is 18.0 Å². The summed E-state index contributed by atoms with van der Waals surface area (Å²) in [6.07, 6.45) is 2.33. The standard InChI is InChI=1S/C14H12FN3O2S/c15-12-7-17-5-4-11(12)14(19)18-9-2-1-3-10(6-9)20-8-13(16)21/h1-7H,8H2,(H2,16,21)(H,18,19). The lowest BCUT2D eigenvalue weighted by molar-refractivity contribution is 0.102. The molecule has 2 aromatic rings. The summed E-state index contributed by atoms with van der Waals surface area (Å²) in [5.41, 5.74) is 5.73. The van der Waals surface area contributed by atoms with Gasteiger partial charge in [0.05, 0.1) is 11.8 Å². The van der Waals surface area contributed by atoms with E-state index in [0.29, 0.717) is 11.4 Å². The summed E-state index contributed by atoms with van der Waals surface area (Å²) in [4.78, 5) is 15.8. The Hall–Kier alpha value is -2.54. The summed E-state index contributed by atoms with van der Waals surface area (Å²) in [5, 5.41) is 2.58. The number of hydrogen-bond donors (Lipinski definition) is 2. The first-order valence-corrected chi connectivity index (χ1v) is 6.39. The predicted molar refractivity (Wildman–Crippen MR) is 80.9 cm³/mol. The number of aromatic nitrogens is 1. The molecule has 0 aliphatic heterocycles. The van der Waals surface area contributed by atoms with Gasteiger partial charge in [-0.05, 0) is 18.2 Å². The van der Waals surface area contributed by atoms with Gasteiger partial charge in [0.25, 0.3) is 5.91 Å². The molecule has 108 valence electrons. The monoisotopic (exact) mass is 305 g/mol. The van der Waals surface area contributed by atoms with Gasteiger partial charge in [-0.1, -0.05) is 18.3 Å². The number of nitrogens with one attached hydrogen (secondary N) is 1. The molecule has 0 bridgehead atoms. The van der Waals surface area contributed by atoms with E-state index in [1.54, 1.807) is 24.3 Å². The number of carbonyl (C=O) groups is 1. The van der Waals surface area contributed by atoms with Gasteiger partial charge >= 0.3 is 0 Å². The summed E-state index contributed by atoms with van der Waals surface area (Å²) in [6.45, 7) is 0.103. The molecule has 1 aromatic heterocycles. The van der Waals surface area contributed by atoms with Crippen molar-refractivity contribution >= 4 is 28.8 Å². The molecular weight excluding hydrogens is 293 g/mol. The average molecular weight is 305 g/mol. The van der Waals surface area contributed by atoms with E-state index in [9.17, 15) is 9.18 Å². The lowest BCUT2D eigenvalue weighted by Gasteiger charge is -2.09. The number of nitrogens with zero attached hydrogens (tertiary/aromatic N) is 1. The van der Waals surface area contributed by atoms with E-state index in [-0.39, 0.29) is 17.2 Å². The number of ether oxygens (including phenoxy) is 1. The molecule has 0 saturated heterocycles. The highest BCUT2D eigenvalue weighted by Gasteiger charge is 2.11. The van der Waals surface area contributed by atoms with Crippen molar-refractivity contribution in [3.8, 4) is 5.75 Å². The summed E-state index contributed by atoms with van der Waals surface area (Å²) in [6, 6.07) is 7.94. The number of carbonyl (C=O) groups excluding carboxylic acids is 1. The minimum absolute atomic E-state index is 0.0838. The van der Waals surface area contributed by atoms with Crippen molar-refractivity contribution in [1.82, 2.24) is 4.98 Å². The molecule has 0 aliphatic rings. The number of hydrogen-bond acceptors (Lipinski definition) is 4. The average Bonchev–Trinajstić information content (AvgIpc) is 2.46. The van der Waals surface area contributed by atoms with Gasteiger partial charge in [-0.3, -0.25) is 9.78 Å². The Morgan fingerprint density at radius 3 is 2.95 bits per heavy atom.